The van der Waals surface area contributed by atoms with Crippen molar-refractivity contribution in [1.29, 1.82) is 0 Å². The first kappa shape index (κ1) is 8.51. The van der Waals surface area contributed by atoms with Gasteiger partial charge in [0.15, 0.2) is 0 Å². The van der Waals surface area contributed by atoms with Gasteiger partial charge in [0.05, 0.1) is 6.20 Å². The molecule has 2 rings (SSSR count). The van der Waals surface area contributed by atoms with Crippen LogP contribution >= 0.6 is 0 Å². The van der Waals surface area contributed by atoms with E-state index in [1.807, 2.05) is 6.20 Å². The van der Waals surface area contributed by atoms with Crippen molar-refractivity contribution in [2.75, 3.05) is 13.1 Å². The zero-order chi connectivity index (χ0) is 9.10. The molecule has 0 aliphatic carbocycles. The Balaban J connectivity index is 2.09. The first-order chi connectivity index (χ1) is 6.40. The molecule has 0 radical (unpaired) electrons. The molecule has 70 valence electrons. The maximum Gasteiger partial charge on any atom is 0.0529 e. The van der Waals surface area contributed by atoms with E-state index in [4.69, 9.17) is 0 Å². The Morgan fingerprint density at radius 2 is 2.62 bits per heavy atom. The third-order valence-corrected chi connectivity index (χ3v) is 2.58. The number of hydrogen-bond donors (Lipinski definition) is 1. The fourth-order valence-electron chi connectivity index (χ4n) is 1.80. The lowest BCUT2D eigenvalue weighted by molar-refractivity contribution is 0.461. The van der Waals surface area contributed by atoms with Gasteiger partial charge in [-0.25, -0.2) is 4.68 Å². The van der Waals surface area contributed by atoms with Crippen molar-refractivity contribution < 1.29 is 0 Å². The normalized spacial score (nSPS) is 22.9. The molecule has 0 spiro atoms. The summed E-state index contributed by atoms with van der Waals surface area (Å²) in [6.45, 7) is 5.92. The summed E-state index contributed by atoms with van der Waals surface area (Å²) in [4.78, 5) is 0. The fraction of sp³-hybridized carbons (Fsp3) is 0.500. The molecule has 1 aromatic heterocycles. The summed E-state index contributed by atoms with van der Waals surface area (Å²) >= 11 is 0. The molecule has 0 bridgehead atoms. The first-order valence-corrected chi connectivity index (χ1v) is 4.77. The molecular formula is C10H15N3. The van der Waals surface area contributed by atoms with Crippen molar-refractivity contribution in [1.82, 2.24) is 15.1 Å². The van der Waals surface area contributed by atoms with Crippen LogP contribution in [0.4, 0.5) is 0 Å². The Labute approximate surface area is 78.4 Å². The Hall–Kier alpha value is -1.09. The van der Waals surface area contributed by atoms with Gasteiger partial charge in [0, 0.05) is 18.9 Å². The summed E-state index contributed by atoms with van der Waals surface area (Å²) in [5.74, 6) is 0.641. The number of nitrogens with one attached hydrogen (secondary N) is 1. The smallest absolute Gasteiger partial charge is 0.0529 e. The second-order valence-electron chi connectivity index (χ2n) is 3.48. The minimum Gasteiger partial charge on any atom is -0.316 e. The van der Waals surface area contributed by atoms with Gasteiger partial charge in [0.2, 0.25) is 0 Å². The minimum atomic E-state index is 0.641. The lowest BCUT2D eigenvalue weighted by atomic mass is 9.94. The molecule has 3 nitrogen and oxygen atoms in total. The van der Waals surface area contributed by atoms with Gasteiger partial charge >= 0.3 is 0 Å². The summed E-state index contributed by atoms with van der Waals surface area (Å²) in [5, 5.41) is 7.58. The second-order valence-corrected chi connectivity index (χ2v) is 3.48. The van der Waals surface area contributed by atoms with Crippen LogP contribution in [-0.2, 0) is 0 Å². The highest BCUT2D eigenvalue weighted by Crippen LogP contribution is 2.22. The summed E-state index contributed by atoms with van der Waals surface area (Å²) < 4.78 is 1.77. The highest BCUT2D eigenvalue weighted by atomic mass is 15.2. The van der Waals surface area contributed by atoms with Crippen LogP contribution in [0.1, 0.15) is 24.3 Å². The molecule has 1 unspecified atom stereocenters. The summed E-state index contributed by atoms with van der Waals surface area (Å²) in [6.07, 6.45) is 8.27. The summed E-state index contributed by atoms with van der Waals surface area (Å²) in [7, 11) is 0. The van der Waals surface area contributed by atoms with Crippen LogP contribution in [0.3, 0.4) is 0 Å². The van der Waals surface area contributed by atoms with E-state index in [1.165, 1.54) is 18.4 Å². The Morgan fingerprint density at radius 1 is 1.69 bits per heavy atom. The lowest BCUT2D eigenvalue weighted by Crippen LogP contribution is -2.28. The zero-order valence-electron chi connectivity index (χ0n) is 7.74. The van der Waals surface area contributed by atoms with Gasteiger partial charge in [-0.3, -0.25) is 0 Å². The number of piperidine rings is 1. The molecule has 2 heterocycles. The third-order valence-electron chi connectivity index (χ3n) is 2.58. The quantitative estimate of drug-likeness (QED) is 0.741. The van der Waals surface area contributed by atoms with Gasteiger partial charge < -0.3 is 5.32 Å². The van der Waals surface area contributed by atoms with Crippen LogP contribution in [-0.4, -0.2) is 22.9 Å². The van der Waals surface area contributed by atoms with Crippen LogP contribution in [0.25, 0.3) is 6.20 Å². The van der Waals surface area contributed by atoms with Crippen LogP contribution in [0.2, 0.25) is 0 Å². The summed E-state index contributed by atoms with van der Waals surface area (Å²) in [6, 6.07) is 0. The van der Waals surface area contributed by atoms with Gasteiger partial charge in [-0.15, -0.1) is 0 Å². The van der Waals surface area contributed by atoms with Crippen molar-refractivity contribution in [2.24, 2.45) is 0 Å². The van der Waals surface area contributed by atoms with E-state index in [0.717, 1.165) is 13.1 Å². The van der Waals surface area contributed by atoms with Crippen molar-refractivity contribution in [2.45, 2.75) is 18.8 Å². The minimum absolute atomic E-state index is 0.641. The average Bonchev–Trinajstić information content (AvgIpc) is 2.67. The van der Waals surface area contributed by atoms with E-state index in [9.17, 15) is 0 Å². The molecule has 1 N–H and O–H groups in total. The number of nitrogens with zero attached hydrogens (tertiary/aromatic N) is 2. The Morgan fingerprint density at radius 3 is 3.23 bits per heavy atom. The molecule has 0 aromatic carbocycles. The molecule has 1 aliphatic heterocycles. The molecule has 1 fully saturated rings. The SMILES string of the molecule is C=Cn1cc(C2CCCNC2)cn1. The highest BCUT2D eigenvalue weighted by Gasteiger charge is 2.15. The van der Waals surface area contributed by atoms with E-state index < -0.39 is 0 Å². The largest absolute Gasteiger partial charge is 0.316 e. The van der Waals surface area contributed by atoms with Crippen LogP contribution in [0, 0.1) is 0 Å². The number of rotatable bonds is 2. The van der Waals surface area contributed by atoms with Crippen molar-refractivity contribution in [3.8, 4) is 0 Å². The molecule has 3 heteroatoms. The van der Waals surface area contributed by atoms with Crippen LogP contribution in [0.15, 0.2) is 19.0 Å². The predicted octanol–water partition coefficient (Wildman–Crippen LogP) is 1.45. The third kappa shape index (κ3) is 1.80. The van der Waals surface area contributed by atoms with Gasteiger partial charge in [-0.1, -0.05) is 6.58 Å². The summed E-state index contributed by atoms with van der Waals surface area (Å²) in [5.41, 5.74) is 1.33. The molecular weight excluding hydrogens is 162 g/mol. The van der Waals surface area contributed by atoms with E-state index >= 15 is 0 Å². The van der Waals surface area contributed by atoms with Crippen molar-refractivity contribution >= 4 is 6.20 Å². The van der Waals surface area contributed by atoms with E-state index in [2.05, 4.69) is 23.2 Å². The Bertz CT molecular complexity index is 284. The standard InChI is InChI=1S/C10H15N3/c1-2-13-8-10(7-12-13)9-4-3-5-11-6-9/h2,7-9,11H,1,3-6H2. The predicted molar refractivity (Wildman–Crippen MR) is 53.5 cm³/mol. The van der Waals surface area contributed by atoms with Gasteiger partial charge in [-0.05, 0) is 30.9 Å². The zero-order valence-corrected chi connectivity index (χ0v) is 7.74. The molecule has 13 heavy (non-hydrogen) atoms. The highest BCUT2D eigenvalue weighted by molar-refractivity contribution is 5.21. The molecule has 1 aliphatic rings. The first-order valence-electron chi connectivity index (χ1n) is 4.77. The number of aromatic nitrogens is 2. The van der Waals surface area contributed by atoms with E-state index in [-0.39, 0.29) is 0 Å². The molecule has 0 saturated carbocycles. The fourth-order valence-corrected chi connectivity index (χ4v) is 1.80. The van der Waals surface area contributed by atoms with Crippen molar-refractivity contribution in [3.63, 3.8) is 0 Å². The van der Waals surface area contributed by atoms with Crippen molar-refractivity contribution in [3.05, 3.63) is 24.5 Å². The van der Waals surface area contributed by atoms with Gasteiger partial charge in [-0.2, -0.15) is 5.10 Å². The molecule has 1 aromatic rings. The van der Waals surface area contributed by atoms with Crippen LogP contribution in [0.5, 0.6) is 0 Å². The van der Waals surface area contributed by atoms with Gasteiger partial charge in [0.25, 0.3) is 0 Å². The van der Waals surface area contributed by atoms with Crippen LogP contribution < -0.4 is 5.32 Å². The monoisotopic (exact) mass is 177 g/mol. The van der Waals surface area contributed by atoms with E-state index in [0.29, 0.717) is 5.92 Å². The van der Waals surface area contributed by atoms with Gasteiger partial charge in [0.1, 0.15) is 0 Å². The number of hydrogen-bond acceptors (Lipinski definition) is 2. The Kier molecular flexibility index (Phi) is 2.45. The maximum absolute atomic E-state index is 4.18. The molecule has 1 atom stereocenters. The lowest BCUT2D eigenvalue weighted by Gasteiger charge is -2.21. The van der Waals surface area contributed by atoms with E-state index in [1.54, 1.807) is 10.9 Å². The average molecular weight is 177 g/mol. The topological polar surface area (TPSA) is 29.9 Å². The molecule has 0 amide bonds. The maximum atomic E-state index is 4.18. The second kappa shape index (κ2) is 3.75. The molecule has 1 saturated heterocycles.